The van der Waals surface area contributed by atoms with Gasteiger partial charge in [-0.15, -0.1) is 0 Å². The summed E-state index contributed by atoms with van der Waals surface area (Å²) in [6.07, 6.45) is 6.09. The molecule has 2 aromatic heterocycles. The number of nitrogens with zero attached hydrogens (tertiary/aromatic N) is 4. The van der Waals surface area contributed by atoms with E-state index in [9.17, 15) is 4.79 Å². The van der Waals surface area contributed by atoms with Gasteiger partial charge in [-0.25, -0.2) is 14.3 Å². The zero-order valence-corrected chi connectivity index (χ0v) is 16.9. The average Bonchev–Trinajstić information content (AvgIpc) is 3.27. The topological polar surface area (TPSA) is 83.8 Å². The monoisotopic (exact) mass is 386 g/mol. The number of fused-ring (bicyclic) bond motifs is 1. The minimum absolute atomic E-state index is 0.0692. The lowest BCUT2D eigenvalue weighted by Crippen LogP contribution is -2.40. The summed E-state index contributed by atoms with van der Waals surface area (Å²) >= 11 is 0. The number of piperidine rings is 1. The van der Waals surface area contributed by atoms with Crippen molar-refractivity contribution in [2.75, 3.05) is 24.5 Å². The molecular formula is C20H30N6O2. The summed E-state index contributed by atoms with van der Waals surface area (Å²) in [4.78, 5) is 19.0. The quantitative estimate of drug-likeness (QED) is 0.844. The number of hydrogen-bond acceptors (Lipinski definition) is 6. The molecule has 4 heterocycles. The summed E-state index contributed by atoms with van der Waals surface area (Å²) < 4.78 is 7.21. The zero-order valence-electron chi connectivity index (χ0n) is 16.9. The predicted octanol–water partition coefficient (Wildman–Crippen LogP) is 2.65. The van der Waals surface area contributed by atoms with E-state index >= 15 is 0 Å². The van der Waals surface area contributed by atoms with Crippen molar-refractivity contribution in [2.45, 2.75) is 64.1 Å². The van der Waals surface area contributed by atoms with Gasteiger partial charge >= 0.3 is 6.09 Å². The lowest BCUT2D eigenvalue weighted by atomic mass is 10.0. The van der Waals surface area contributed by atoms with Crippen LogP contribution in [-0.4, -0.2) is 52.0 Å². The van der Waals surface area contributed by atoms with Crippen molar-refractivity contribution in [3.8, 4) is 0 Å². The highest BCUT2D eigenvalue weighted by atomic mass is 16.6. The molecule has 0 aromatic carbocycles. The molecule has 8 nitrogen and oxygen atoms in total. The largest absolute Gasteiger partial charge is 0.444 e. The van der Waals surface area contributed by atoms with E-state index in [2.05, 4.69) is 21.6 Å². The lowest BCUT2D eigenvalue weighted by molar-refractivity contribution is 0.0509. The van der Waals surface area contributed by atoms with Gasteiger partial charge in [0.25, 0.3) is 0 Å². The van der Waals surface area contributed by atoms with Crippen LogP contribution < -0.4 is 15.5 Å². The Morgan fingerprint density at radius 2 is 2.18 bits per heavy atom. The van der Waals surface area contributed by atoms with Crippen molar-refractivity contribution in [2.24, 2.45) is 0 Å². The molecule has 1 amide bonds. The number of hydrogen-bond donors (Lipinski definition) is 2. The molecule has 0 radical (unpaired) electrons. The number of aromatic nitrogens is 3. The van der Waals surface area contributed by atoms with Gasteiger partial charge in [0.1, 0.15) is 11.4 Å². The van der Waals surface area contributed by atoms with Crippen LogP contribution >= 0.6 is 0 Å². The van der Waals surface area contributed by atoms with Crippen LogP contribution in [0.25, 0.3) is 5.65 Å². The molecule has 2 aromatic rings. The van der Waals surface area contributed by atoms with E-state index in [-0.39, 0.29) is 12.1 Å². The lowest BCUT2D eigenvalue weighted by Gasteiger charge is -2.22. The molecule has 2 N–H and O–H groups in total. The maximum atomic E-state index is 12.0. The number of amides is 1. The molecule has 0 saturated carbocycles. The molecule has 8 heteroatoms. The van der Waals surface area contributed by atoms with Gasteiger partial charge in [-0.05, 0) is 52.6 Å². The number of nitrogens with one attached hydrogen (secondary N) is 2. The molecule has 28 heavy (non-hydrogen) atoms. The highest BCUT2D eigenvalue weighted by Gasteiger charge is 2.27. The van der Waals surface area contributed by atoms with Crippen LogP contribution in [-0.2, 0) is 4.74 Å². The maximum Gasteiger partial charge on any atom is 0.407 e. The van der Waals surface area contributed by atoms with Crippen molar-refractivity contribution in [3.05, 3.63) is 24.0 Å². The van der Waals surface area contributed by atoms with Crippen LogP contribution in [0.3, 0.4) is 0 Å². The van der Waals surface area contributed by atoms with Gasteiger partial charge in [0.15, 0.2) is 5.65 Å². The Morgan fingerprint density at radius 1 is 1.32 bits per heavy atom. The van der Waals surface area contributed by atoms with Crippen molar-refractivity contribution in [1.82, 2.24) is 25.2 Å². The molecule has 4 rings (SSSR count). The van der Waals surface area contributed by atoms with E-state index in [1.807, 2.05) is 37.5 Å². The van der Waals surface area contributed by atoms with E-state index in [0.29, 0.717) is 6.04 Å². The normalized spacial score (nSPS) is 23.2. The first kappa shape index (κ1) is 19.0. The van der Waals surface area contributed by atoms with E-state index in [1.54, 1.807) is 0 Å². The Bertz CT molecular complexity index is 837. The molecule has 0 spiro atoms. The molecule has 2 aliphatic heterocycles. The second-order valence-corrected chi connectivity index (χ2v) is 8.74. The van der Waals surface area contributed by atoms with Crippen LogP contribution in [0.2, 0.25) is 0 Å². The Morgan fingerprint density at radius 3 is 2.93 bits per heavy atom. The Balaban J connectivity index is 1.41. The van der Waals surface area contributed by atoms with Gasteiger partial charge in [-0.2, -0.15) is 5.10 Å². The molecule has 2 saturated heterocycles. The Kier molecular flexibility index (Phi) is 5.14. The van der Waals surface area contributed by atoms with Crippen molar-refractivity contribution >= 4 is 17.6 Å². The SMILES string of the molecule is CC(C)(C)OC(=O)N[C@@H]1CCN(c2ccn3nc(C4CCCCN4)cc3n2)C1. The number of carbonyl (C=O) groups excluding carboxylic acids is 1. The Hall–Kier alpha value is -2.35. The molecule has 152 valence electrons. The number of rotatable bonds is 3. The second-order valence-electron chi connectivity index (χ2n) is 8.74. The number of ether oxygens (including phenoxy) is 1. The molecule has 2 aliphatic rings. The van der Waals surface area contributed by atoms with E-state index in [1.165, 1.54) is 12.8 Å². The first-order valence-electron chi connectivity index (χ1n) is 10.2. The summed E-state index contributed by atoms with van der Waals surface area (Å²) in [7, 11) is 0. The number of carbonyl (C=O) groups is 1. The average molecular weight is 387 g/mol. The fourth-order valence-electron chi connectivity index (χ4n) is 3.90. The van der Waals surface area contributed by atoms with Crippen LogP contribution in [0.1, 0.15) is 58.2 Å². The number of alkyl carbamates (subject to hydrolysis) is 1. The van der Waals surface area contributed by atoms with Crippen molar-refractivity contribution < 1.29 is 9.53 Å². The zero-order chi connectivity index (χ0) is 19.7. The summed E-state index contributed by atoms with van der Waals surface area (Å²) in [6, 6.07) is 4.47. The molecule has 0 bridgehead atoms. The third-order valence-corrected chi connectivity index (χ3v) is 5.23. The Labute approximate surface area is 165 Å². The molecule has 2 atom stereocenters. The molecule has 1 unspecified atom stereocenters. The number of anilines is 1. The van der Waals surface area contributed by atoms with Crippen LogP contribution in [0.15, 0.2) is 18.3 Å². The van der Waals surface area contributed by atoms with Gasteiger partial charge in [0.2, 0.25) is 0 Å². The minimum atomic E-state index is -0.484. The first-order chi connectivity index (χ1) is 13.4. The summed E-state index contributed by atoms with van der Waals surface area (Å²) in [5.41, 5.74) is 1.45. The predicted molar refractivity (Wildman–Crippen MR) is 108 cm³/mol. The first-order valence-corrected chi connectivity index (χ1v) is 10.2. The summed E-state index contributed by atoms with van der Waals surface area (Å²) in [6.45, 7) is 8.25. The van der Waals surface area contributed by atoms with Crippen molar-refractivity contribution in [3.63, 3.8) is 0 Å². The second kappa shape index (κ2) is 7.58. The van der Waals surface area contributed by atoms with Crippen molar-refractivity contribution in [1.29, 1.82) is 0 Å². The van der Waals surface area contributed by atoms with Gasteiger partial charge in [-0.1, -0.05) is 6.42 Å². The third-order valence-electron chi connectivity index (χ3n) is 5.23. The van der Waals surface area contributed by atoms with E-state index in [0.717, 1.165) is 49.6 Å². The summed E-state index contributed by atoms with van der Waals surface area (Å²) in [5.74, 6) is 0.920. The van der Waals surface area contributed by atoms with Crippen LogP contribution in [0.5, 0.6) is 0 Å². The highest BCUT2D eigenvalue weighted by Crippen LogP contribution is 2.24. The maximum absolute atomic E-state index is 12.0. The van der Waals surface area contributed by atoms with Gasteiger partial charge < -0.3 is 20.3 Å². The standard InChI is InChI=1S/C20H30N6O2/c1-20(2,3)28-19(27)22-14-7-10-25(13-14)17-8-11-26-18(23-17)12-16(24-26)15-6-4-5-9-21-15/h8,11-12,14-15,21H,4-7,9-10,13H2,1-3H3,(H,22,27)/t14-,15?/m1/s1. The fourth-order valence-corrected chi connectivity index (χ4v) is 3.90. The molecule has 2 fully saturated rings. The van der Waals surface area contributed by atoms with E-state index in [4.69, 9.17) is 14.8 Å². The minimum Gasteiger partial charge on any atom is -0.444 e. The van der Waals surface area contributed by atoms with Gasteiger partial charge in [-0.3, -0.25) is 0 Å². The van der Waals surface area contributed by atoms with Crippen LogP contribution in [0.4, 0.5) is 10.6 Å². The molecular weight excluding hydrogens is 356 g/mol. The van der Waals surface area contributed by atoms with Gasteiger partial charge in [0.05, 0.1) is 17.8 Å². The summed E-state index contributed by atoms with van der Waals surface area (Å²) in [5, 5.41) is 11.2. The highest BCUT2D eigenvalue weighted by molar-refractivity contribution is 5.68. The molecule has 0 aliphatic carbocycles. The smallest absolute Gasteiger partial charge is 0.407 e. The van der Waals surface area contributed by atoms with Gasteiger partial charge in [0, 0.05) is 25.4 Å². The fraction of sp³-hybridized carbons (Fsp3) is 0.650. The van der Waals surface area contributed by atoms with E-state index < -0.39 is 5.60 Å². The third kappa shape index (κ3) is 4.38. The van der Waals surface area contributed by atoms with Crippen LogP contribution in [0, 0.1) is 0 Å².